The minimum atomic E-state index is -2.37. The highest BCUT2D eigenvalue weighted by molar-refractivity contribution is 6.60. The summed E-state index contributed by atoms with van der Waals surface area (Å²) in [5, 5.41) is 0. The zero-order valence-corrected chi connectivity index (χ0v) is 11.1. The number of halogens is 1. The van der Waals surface area contributed by atoms with Gasteiger partial charge in [0.05, 0.1) is 0 Å². The van der Waals surface area contributed by atoms with Crippen LogP contribution in [0.25, 0.3) is 0 Å². The average Bonchev–Trinajstić information content (AvgIpc) is 2.20. The number of rotatable bonds is 8. The Bertz CT molecular complexity index is 115. The van der Waals surface area contributed by atoms with Gasteiger partial charge in [0, 0.05) is 26.9 Å². The first-order valence-corrected chi connectivity index (χ1v) is 6.62. The highest BCUT2D eigenvalue weighted by Crippen LogP contribution is 2.15. The van der Waals surface area contributed by atoms with Gasteiger partial charge in [0.25, 0.3) is 0 Å². The van der Waals surface area contributed by atoms with Crippen LogP contribution >= 0.6 is 12.4 Å². The molecule has 0 aliphatic rings. The summed E-state index contributed by atoms with van der Waals surface area (Å²) in [6.07, 6.45) is 1.86. The van der Waals surface area contributed by atoms with Gasteiger partial charge in [0.2, 0.25) is 0 Å². The van der Waals surface area contributed by atoms with Crippen LogP contribution in [-0.4, -0.2) is 36.2 Å². The van der Waals surface area contributed by atoms with Crippen LogP contribution in [0.4, 0.5) is 0 Å². The summed E-state index contributed by atoms with van der Waals surface area (Å²) in [5.74, 6) is 0. The Hall–Kier alpha value is 0.347. The Labute approximate surface area is 93.9 Å². The van der Waals surface area contributed by atoms with Crippen molar-refractivity contribution in [3.8, 4) is 0 Å². The molecule has 0 bridgehead atoms. The predicted molar refractivity (Wildman–Crippen MR) is 61.7 cm³/mol. The van der Waals surface area contributed by atoms with E-state index < -0.39 is 8.80 Å². The van der Waals surface area contributed by atoms with Gasteiger partial charge in [0.1, 0.15) is 0 Å². The van der Waals surface area contributed by atoms with E-state index in [1.54, 1.807) is 14.2 Å². The summed E-state index contributed by atoms with van der Waals surface area (Å²) >= 11 is 0. The molecule has 2 N–H and O–H groups in total. The SMILES string of the molecule is CCCO[Si](CCCN)(OC)OC.Cl. The van der Waals surface area contributed by atoms with E-state index in [9.17, 15) is 0 Å². The lowest BCUT2D eigenvalue weighted by Crippen LogP contribution is -2.44. The van der Waals surface area contributed by atoms with Crippen molar-refractivity contribution in [3.05, 3.63) is 0 Å². The largest absolute Gasteiger partial charge is 0.500 e. The monoisotopic (exact) mass is 243 g/mol. The normalized spacial score (nSPS) is 11.1. The molecule has 0 aromatic carbocycles. The van der Waals surface area contributed by atoms with Crippen LogP contribution in [0.5, 0.6) is 0 Å². The first-order chi connectivity index (χ1) is 6.24. The van der Waals surface area contributed by atoms with Crippen LogP contribution in [0.1, 0.15) is 19.8 Å². The second-order valence-corrected chi connectivity index (χ2v) is 5.80. The molecule has 0 unspecified atom stereocenters. The van der Waals surface area contributed by atoms with Crippen molar-refractivity contribution in [3.63, 3.8) is 0 Å². The van der Waals surface area contributed by atoms with E-state index >= 15 is 0 Å². The minimum absolute atomic E-state index is 0. The molecular formula is C8H22ClNO3Si. The van der Waals surface area contributed by atoms with Crippen molar-refractivity contribution in [1.29, 1.82) is 0 Å². The zero-order valence-electron chi connectivity index (χ0n) is 9.25. The molecule has 0 atom stereocenters. The van der Waals surface area contributed by atoms with Gasteiger partial charge in [-0.05, 0) is 19.4 Å². The summed E-state index contributed by atoms with van der Waals surface area (Å²) in [4.78, 5) is 0. The lowest BCUT2D eigenvalue weighted by atomic mass is 10.5. The van der Waals surface area contributed by atoms with Gasteiger partial charge < -0.3 is 19.0 Å². The summed E-state index contributed by atoms with van der Waals surface area (Å²) < 4.78 is 16.3. The first-order valence-electron chi connectivity index (χ1n) is 4.69. The molecule has 0 rings (SSSR count). The van der Waals surface area contributed by atoms with Gasteiger partial charge >= 0.3 is 8.80 Å². The van der Waals surface area contributed by atoms with E-state index in [1.165, 1.54) is 0 Å². The second-order valence-electron chi connectivity index (χ2n) is 2.83. The molecule has 0 amide bonds. The molecule has 0 aliphatic heterocycles. The molecule has 4 nitrogen and oxygen atoms in total. The fraction of sp³-hybridized carbons (Fsp3) is 1.00. The summed E-state index contributed by atoms with van der Waals surface area (Å²) in [6.45, 7) is 3.41. The smallest absolute Gasteiger partial charge is 0.377 e. The molecule has 6 heteroatoms. The number of hydrogen-bond donors (Lipinski definition) is 1. The Morgan fingerprint density at radius 3 is 2.14 bits per heavy atom. The molecule has 0 aliphatic carbocycles. The topological polar surface area (TPSA) is 53.7 Å². The highest BCUT2D eigenvalue weighted by atomic mass is 35.5. The molecule has 0 saturated carbocycles. The average molecular weight is 244 g/mol. The molecule has 0 saturated heterocycles. The Morgan fingerprint density at radius 1 is 1.21 bits per heavy atom. The Balaban J connectivity index is 0. The van der Waals surface area contributed by atoms with Crippen molar-refractivity contribution < 1.29 is 13.3 Å². The van der Waals surface area contributed by atoms with Crippen molar-refractivity contribution in [2.45, 2.75) is 25.8 Å². The van der Waals surface area contributed by atoms with Crippen LogP contribution in [0, 0.1) is 0 Å². The molecule has 0 heterocycles. The van der Waals surface area contributed by atoms with Gasteiger partial charge in [-0.15, -0.1) is 12.4 Å². The maximum Gasteiger partial charge on any atom is 0.500 e. The van der Waals surface area contributed by atoms with Crippen LogP contribution < -0.4 is 5.73 Å². The quantitative estimate of drug-likeness (QED) is 0.655. The van der Waals surface area contributed by atoms with Gasteiger partial charge in [-0.1, -0.05) is 6.92 Å². The maximum absolute atomic E-state index is 5.62. The molecule has 0 fully saturated rings. The first kappa shape index (κ1) is 16.8. The van der Waals surface area contributed by atoms with Crippen molar-refractivity contribution >= 4 is 21.2 Å². The lowest BCUT2D eigenvalue weighted by Gasteiger charge is -2.25. The van der Waals surface area contributed by atoms with E-state index in [0.29, 0.717) is 13.2 Å². The predicted octanol–water partition coefficient (Wildman–Crippen LogP) is 1.42. The summed E-state index contributed by atoms with van der Waals surface area (Å²) in [5.41, 5.74) is 5.43. The van der Waals surface area contributed by atoms with E-state index in [1.807, 2.05) is 0 Å². The third-order valence-electron chi connectivity index (χ3n) is 1.84. The molecule has 0 aromatic rings. The Morgan fingerprint density at radius 2 is 1.79 bits per heavy atom. The Kier molecular flexibility index (Phi) is 11.8. The maximum atomic E-state index is 5.62. The number of hydrogen-bond acceptors (Lipinski definition) is 4. The van der Waals surface area contributed by atoms with Crippen LogP contribution in [0.2, 0.25) is 6.04 Å². The standard InChI is InChI=1S/C8H21NO3Si.ClH/c1-4-7-12-13(10-2,11-3)8-5-6-9;/h4-9H2,1-3H3;1H. The van der Waals surface area contributed by atoms with E-state index in [4.69, 9.17) is 19.0 Å². The van der Waals surface area contributed by atoms with Gasteiger partial charge in [0.15, 0.2) is 0 Å². The van der Waals surface area contributed by atoms with Gasteiger partial charge in [-0.2, -0.15) is 0 Å². The van der Waals surface area contributed by atoms with Crippen molar-refractivity contribution in [1.82, 2.24) is 0 Å². The number of nitrogens with two attached hydrogens (primary N) is 1. The zero-order chi connectivity index (χ0) is 10.2. The van der Waals surface area contributed by atoms with E-state index in [2.05, 4.69) is 6.92 Å². The van der Waals surface area contributed by atoms with Gasteiger partial charge in [-0.3, -0.25) is 0 Å². The molecule has 88 valence electrons. The molecule has 0 aromatic heterocycles. The molecule has 0 spiro atoms. The molecule has 14 heavy (non-hydrogen) atoms. The highest BCUT2D eigenvalue weighted by Gasteiger charge is 2.37. The molecular weight excluding hydrogens is 222 g/mol. The van der Waals surface area contributed by atoms with Gasteiger partial charge in [-0.25, -0.2) is 0 Å². The van der Waals surface area contributed by atoms with E-state index in [0.717, 1.165) is 18.9 Å². The third kappa shape index (κ3) is 5.95. The van der Waals surface area contributed by atoms with Crippen molar-refractivity contribution in [2.75, 3.05) is 27.4 Å². The second kappa shape index (κ2) is 9.89. The summed E-state index contributed by atoms with van der Waals surface area (Å²) in [7, 11) is 0.916. The van der Waals surface area contributed by atoms with E-state index in [-0.39, 0.29) is 12.4 Å². The van der Waals surface area contributed by atoms with Crippen molar-refractivity contribution in [2.24, 2.45) is 5.73 Å². The fourth-order valence-electron chi connectivity index (χ4n) is 1.05. The summed E-state index contributed by atoms with van der Waals surface area (Å²) in [6, 6.07) is 0.802. The van der Waals surface area contributed by atoms with Crippen LogP contribution in [0.3, 0.4) is 0 Å². The fourth-order valence-corrected chi connectivity index (χ4v) is 3.16. The minimum Gasteiger partial charge on any atom is -0.377 e. The molecule has 0 radical (unpaired) electrons. The third-order valence-corrected chi connectivity index (χ3v) is 4.69. The lowest BCUT2D eigenvalue weighted by molar-refractivity contribution is 0.0979. The van der Waals surface area contributed by atoms with Crippen LogP contribution in [0.15, 0.2) is 0 Å². The van der Waals surface area contributed by atoms with Crippen LogP contribution in [-0.2, 0) is 13.3 Å².